The molecule has 0 aliphatic heterocycles. The van der Waals surface area contributed by atoms with Crippen LogP contribution in [0.25, 0.3) is 11.2 Å². The van der Waals surface area contributed by atoms with Crippen molar-refractivity contribution < 1.29 is 18.0 Å². The molecule has 0 radical (unpaired) electrons. The molecule has 2 heterocycles. The van der Waals surface area contributed by atoms with Gasteiger partial charge in [0.05, 0.1) is 17.5 Å². The molecule has 0 saturated heterocycles. The normalized spacial score (nSPS) is 17.4. The molecule has 5 nitrogen and oxygen atoms in total. The molecule has 1 aliphatic rings. The molecule has 1 saturated carbocycles. The number of hydrogen-bond acceptors (Lipinski definition) is 4. The lowest BCUT2D eigenvalue weighted by Gasteiger charge is -2.18. The smallest absolute Gasteiger partial charge is 0.384 e. The van der Waals surface area contributed by atoms with Crippen LogP contribution in [0.4, 0.5) is 19.0 Å². The first-order chi connectivity index (χ1) is 9.32. The molecule has 0 unspecified atom stereocenters. The van der Waals surface area contributed by atoms with Crippen molar-refractivity contribution in [1.82, 2.24) is 14.5 Å². The Balaban J connectivity index is 2.24. The van der Waals surface area contributed by atoms with Crippen LogP contribution in [0.5, 0.6) is 0 Å². The van der Waals surface area contributed by atoms with Crippen molar-refractivity contribution in [2.24, 2.45) is 7.05 Å². The summed E-state index contributed by atoms with van der Waals surface area (Å²) in [6.07, 6.45) is -2.76. The highest BCUT2D eigenvalue weighted by Gasteiger charge is 2.65. The first-order valence-electron chi connectivity index (χ1n) is 5.95. The average molecular weight is 284 g/mol. The van der Waals surface area contributed by atoms with Crippen LogP contribution < -0.4 is 5.73 Å². The Morgan fingerprint density at radius 2 is 2.10 bits per heavy atom. The molecular weight excluding hydrogens is 273 g/mol. The number of nitrogens with zero attached hydrogens (tertiary/aromatic N) is 3. The first kappa shape index (κ1) is 12.9. The summed E-state index contributed by atoms with van der Waals surface area (Å²) in [7, 11) is 1.58. The lowest BCUT2D eigenvalue weighted by Crippen LogP contribution is -2.29. The van der Waals surface area contributed by atoms with Gasteiger partial charge in [0, 0.05) is 7.05 Å². The van der Waals surface area contributed by atoms with Crippen molar-refractivity contribution in [2.45, 2.75) is 24.4 Å². The first-order valence-corrected chi connectivity index (χ1v) is 5.95. The fourth-order valence-corrected chi connectivity index (χ4v) is 2.38. The highest BCUT2D eigenvalue weighted by Crippen LogP contribution is 2.58. The van der Waals surface area contributed by atoms with Crippen molar-refractivity contribution in [3.05, 3.63) is 17.5 Å². The minimum absolute atomic E-state index is 0.00454. The lowest BCUT2D eigenvalue weighted by molar-refractivity contribution is -0.161. The summed E-state index contributed by atoms with van der Waals surface area (Å²) in [5, 5.41) is 0. The third-order valence-electron chi connectivity index (χ3n) is 3.86. The standard InChI is InChI=1S/C12H11F3N4O/c1-19-9(16)6(5-20)8-10(19)17-4-7(18-8)11(2-3-11)12(13,14)15/h4-5H,2-3,16H2,1H3. The van der Waals surface area contributed by atoms with Gasteiger partial charge >= 0.3 is 6.18 Å². The van der Waals surface area contributed by atoms with E-state index in [-0.39, 0.29) is 35.4 Å². The van der Waals surface area contributed by atoms with Gasteiger partial charge in [0.1, 0.15) is 16.7 Å². The lowest BCUT2D eigenvalue weighted by atomic mass is 10.0. The number of rotatable bonds is 2. The maximum absolute atomic E-state index is 13.1. The Hall–Kier alpha value is -2.12. The molecule has 1 aliphatic carbocycles. The number of aromatic nitrogens is 3. The van der Waals surface area contributed by atoms with E-state index in [1.165, 1.54) is 4.57 Å². The van der Waals surface area contributed by atoms with Gasteiger partial charge in [-0.1, -0.05) is 0 Å². The summed E-state index contributed by atoms with van der Waals surface area (Å²) < 4.78 is 40.7. The average Bonchev–Trinajstić information content (AvgIpc) is 3.15. The molecule has 1 fully saturated rings. The Morgan fingerprint density at radius 1 is 1.45 bits per heavy atom. The van der Waals surface area contributed by atoms with E-state index in [1.807, 2.05) is 0 Å². The second kappa shape index (κ2) is 3.71. The van der Waals surface area contributed by atoms with Crippen molar-refractivity contribution >= 4 is 23.3 Å². The van der Waals surface area contributed by atoms with Crippen LogP contribution in [0.1, 0.15) is 28.9 Å². The molecule has 2 aromatic heterocycles. The summed E-state index contributed by atoms with van der Waals surface area (Å²) in [6.45, 7) is 0. The summed E-state index contributed by atoms with van der Waals surface area (Å²) in [6, 6.07) is 0. The number of alkyl halides is 3. The molecule has 106 valence electrons. The monoisotopic (exact) mass is 284 g/mol. The molecule has 8 heteroatoms. The molecule has 2 N–H and O–H groups in total. The number of aldehydes is 1. The zero-order valence-corrected chi connectivity index (χ0v) is 10.5. The Bertz CT molecular complexity index is 716. The van der Waals surface area contributed by atoms with E-state index in [0.717, 1.165) is 6.20 Å². The van der Waals surface area contributed by atoms with Crippen LogP contribution in [0, 0.1) is 0 Å². The highest BCUT2D eigenvalue weighted by molar-refractivity contribution is 5.99. The van der Waals surface area contributed by atoms with Gasteiger partial charge in [-0.3, -0.25) is 4.79 Å². The predicted octanol–water partition coefficient (Wildman–Crippen LogP) is 1.96. The highest BCUT2D eigenvalue weighted by atomic mass is 19.4. The molecule has 0 atom stereocenters. The maximum atomic E-state index is 13.1. The van der Waals surface area contributed by atoms with Crippen LogP contribution in [-0.4, -0.2) is 27.0 Å². The van der Waals surface area contributed by atoms with Gasteiger partial charge in [-0.25, -0.2) is 9.97 Å². The zero-order chi connectivity index (χ0) is 14.7. The number of carbonyl (C=O) groups excluding carboxylic acids is 1. The van der Waals surface area contributed by atoms with E-state index in [0.29, 0.717) is 11.9 Å². The summed E-state index contributed by atoms with van der Waals surface area (Å²) in [5.41, 5.74) is 4.15. The maximum Gasteiger partial charge on any atom is 0.400 e. The third-order valence-corrected chi connectivity index (χ3v) is 3.86. The minimum atomic E-state index is -4.36. The number of nitrogens with two attached hydrogens (primary N) is 1. The quantitative estimate of drug-likeness (QED) is 0.855. The minimum Gasteiger partial charge on any atom is -0.384 e. The number of carbonyl (C=O) groups is 1. The summed E-state index contributed by atoms with van der Waals surface area (Å²) >= 11 is 0. The molecule has 0 spiro atoms. The van der Waals surface area contributed by atoms with E-state index in [1.54, 1.807) is 7.05 Å². The number of hydrogen-bond donors (Lipinski definition) is 1. The van der Waals surface area contributed by atoms with Gasteiger partial charge in [-0.15, -0.1) is 0 Å². The van der Waals surface area contributed by atoms with Gasteiger partial charge in [-0.05, 0) is 12.8 Å². The van der Waals surface area contributed by atoms with Crippen molar-refractivity contribution in [3.63, 3.8) is 0 Å². The van der Waals surface area contributed by atoms with Crippen LogP contribution in [0.15, 0.2) is 6.20 Å². The summed E-state index contributed by atoms with van der Waals surface area (Å²) in [5.74, 6) is 0.143. The SMILES string of the molecule is Cn1c(N)c(C=O)c2nc(C3(C(F)(F)F)CC3)cnc21. The molecule has 0 bridgehead atoms. The predicted molar refractivity (Wildman–Crippen MR) is 65.3 cm³/mol. The molecule has 3 rings (SSSR count). The molecule has 0 amide bonds. The second-order valence-electron chi connectivity index (χ2n) is 4.98. The number of fused-ring (bicyclic) bond motifs is 1. The number of halogens is 3. The van der Waals surface area contributed by atoms with Gasteiger partial charge in [-0.2, -0.15) is 13.2 Å². The van der Waals surface area contributed by atoms with E-state index in [9.17, 15) is 18.0 Å². The van der Waals surface area contributed by atoms with Crippen molar-refractivity contribution in [2.75, 3.05) is 5.73 Å². The van der Waals surface area contributed by atoms with Crippen LogP contribution in [0.3, 0.4) is 0 Å². The Kier molecular flexibility index (Phi) is 2.39. The fourth-order valence-electron chi connectivity index (χ4n) is 2.38. The van der Waals surface area contributed by atoms with E-state index >= 15 is 0 Å². The molecular formula is C12H11F3N4O. The van der Waals surface area contributed by atoms with Crippen molar-refractivity contribution in [1.29, 1.82) is 0 Å². The fraction of sp³-hybridized carbons (Fsp3) is 0.417. The number of anilines is 1. The van der Waals surface area contributed by atoms with Gasteiger partial charge in [0.2, 0.25) is 0 Å². The zero-order valence-electron chi connectivity index (χ0n) is 10.5. The van der Waals surface area contributed by atoms with E-state index in [4.69, 9.17) is 5.73 Å². The van der Waals surface area contributed by atoms with Gasteiger partial charge in [0.15, 0.2) is 11.9 Å². The van der Waals surface area contributed by atoms with Gasteiger partial charge in [0.25, 0.3) is 0 Å². The topological polar surface area (TPSA) is 73.8 Å². The van der Waals surface area contributed by atoms with Crippen LogP contribution >= 0.6 is 0 Å². The van der Waals surface area contributed by atoms with E-state index in [2.05, 4.69) is 9.97 Å². The van der Waals surface area contributed by atoms with E-state index < -0.39 is 11.6 Å². The second-order valence-corrected chi connectivity index (χ2v) is 4.98. The largest absolute Gasteiger partial charge is 0.400 e. The number of aryl methyl sites for hydroxylation is 1. The summed E-state index contributed by atoms with van der Waals surface area (Å²) in [4.78, 5) is 19.1. The third kappa shape index (κ3) is 1.47. The number of nitrogen functional groups attached to an aromatic ring is 1. The van der Waals surface area contributed by atoms with Crippen LogP contribution in [-0.2, 0) is 12.5 Å². The van der Waals surface area contributed by atoms with Gasteiger partial charge < -0.3 is 10.3 Å². The Labute approximate surface area is 111 Å². The van der Waals surface area contributed by atoms with Crippen molar-refractivity contribution in [3.8, 4) is 0 Å². The van der Waals surface area contributed by atoms with Crippen LogP contribution in [0.2, 0.25) is 0 Å². The molecule has 2 aromatic rings. The molecule has 20 heavy (non-hydrogen) atoms. The molecule has 0 aromatic carbocycles. The Morgan fingerprint density at radius 3 is 2.60 bits per heavy atom.